The van der Waals surface area contributed by atoms with Crippen LogP contribution in [-0.4, -0.2) is 31.8 Å². The fraction of sp³-hybridized carbons (Fsp3) is 0.116. The molecule has 0 bridgehead atoms. The van der Waals surface area contributed by atoms with E-state index in [0.717, 1.165) is 45.8 Å². The SMILES string of the molecule is O=COCCSC1=C(/C=C/c2cc(-c3ccccc3)[s+]c3ccccc23)CCC/C1=C\C=C1/C=C(c2ccccc2S(=O)(=O)O)Sc2ccccc21. The normalized spacial score (nSPS) is 16.4. The average molecular weight is 760 g/mol. The Bertz CT molecular complexity index is 2410. The summed E-state index contributed by atoms with van der Waals surface area (Å²) in [7, 11) is -4.42. The maximum atomic E-state index is 12.3. The van der Waals surface area contributed by atoms with Crippen molar-refractivity contribution in [3.8, 4) is 10.4 Å². The molecule has 5 aromatic rings. The second kappa shape index (κ2) is 16.4. The summed E-state index contributed by atoms with van der Waals surface area (Å²) in [5.74, 6) is 0.628. The number of thioether (sulfide) groups is 2. The molecular formula is C43H35O5S4+. The van der Waals surface area contributed by atoms with Gasteiger partial charge in [-0.2, -0.15) is 8.42 Å². The highest BCUT2D eigenvalue weighted by Gasteiger charge is 2.23. The molecule has 0 atom stereocenters. The zero-order valence-corrected chi connectivity index (χ0v) is 31.4. The number of ether oxygens (including phenoxy) is 1. The molecule has 1 aliphatic heterocycles. The van der Waals surface area contributed by atoms with Gasteiger partial charge < -0.3 is 4.74 Å². The molecule has 5 nitrogen and oxygen atoms in total. The molecule has 9 heteroatoms. The number of hydrogen-bond donors (Lipinski definition) is 1. The minimum absolute atomic E-state index is 0.114. The molecule has 0 fully saturated rings. The van der Waals surface area contributed by atoms with Gasteiger partial charge in [0, 0.05) is 49.1 Å². The van der Waals surface area contributed by atoms with Gasteiger partial charge in [-0.1, -0.05) is 103 Å². The predicted molar refractivity (Wildman–Crippen MR) is 219 cm³/mol. The zero-order chi connectivity index (χ0) is 35.9. The third-order valence-electron chi connectivity index (χ3n) is 8.82. The Kier molecular flexibility index (Phi) is 11.3. The Hall–Kier alpha value is -4.51. The average Bonchev–Trinajstić information content (AvgIpc) is 3.17. The molecule has 2 heterocycles. The van der Waals surface area contributed by atoms with Crippen molar-refractivity contribution in [2.75, 3.05) is 12.4 Å². The van der Waals surface area contributed by atoms with Crippen molar-refractivity contribution in [3.63, 3.8) is 0 Å². The van der Waals surface area contributed by atoms with Crippen LogP contribution >= 0.6 is 34.9 Å². The molecule has 0 saturated heterocycles. The topological polar surface area (TPSA) is 80.7 Å². The highest BCUT2D eigenvalue weighted by Crippen LogP contribution is 2.46. The summed E-state index contributed by atoms with van der Waals surface area (Å²) >= 11 is 4.98. The number of hydrogen-bond acceptors (Lipinski definition) is 6. The maximum absolute atomic E-state index is 12.3. The fourth-order valence-electron chi connectivity index (χ4n) is 6.40. The molecule has 0 unspecified atom stereocenters. The maximum Gasteiger partial charge on any atom is 0.295 e. The van der Waals surface area contributed by atoms with Crippen LogP contribution in [0, 0.1) is 0 Å². The molecule has 1 aromatic heterocycles. The minimum Gasteiger partial charge on any atom is -0.467 e. The van der Waals surface area contributed by atoms with Crippen LogP contribution in [0.1, 0.15) is 36.0 Å². The van der Waals surface area contributed by atoms with Crippen LogP contribution < -0.4 is 0 Å². The van der Waals surface area contributed by atoms with Crippen molar-refractivity contribution in [2.45, 2.75) is 29.1 Å². The van der Waals surface area contributed by atoms with E-state index >= 15 is 0 Å². The Morgan fingerprint density at radius 1 is 0.846 bits per heavy atom. The van der Waals surface area contributed by atoms with Crippen LogP contribution in [-0.2, 0) is 19.6 Å². The van der Waals surface area contributed by atoms with Gasteiger partial charge in [0.2, 0.25) is 20.9 Å². The minimum atomic E-state index is -4.42. The number of allylic oxidation sites excluding steroid dienone is 7. The molecule has 2 aliphatic rings. The Morgan fingerprint density at radius 3 is 2.42 bits per heavy atom. The number of fused-ring (bicyclic) bond motifs is 2. The molecule has 4 aromatic carbocycles. The van der Waals surface area contributed by atoms with Crippen LogP contribution in [0.15, 0.2) is 159 Å². The van der Waals surface area contributed by atoms with E-state index in [4.69, 9.17) is 4.74 Å². The van der Waals surface area contributed by atoms with Crippen molar-refractivity contribution in [3.05, 3.63) is 166 Å². The van der Waals surface area contributed by atoms with E-state index in [1.54, 1.807) is 41.3 Å². The van der Waals surface area contributed by atoms with Gasteiger partial charge in [0.25, 0.3) is 16.6 Å². The number of rotatable bonds is 11. The van der Waals surface area contributed by atoms with Crippen molar-refractivity contribution in [2.24, 2.45) is 0 Å². The third-order valence-corrected chi connectivity index (χ3v) is 13.2. The van der Waals surface area contributed by atoms with E-state index < -0.39 is 10.1 Å². The van der Waals surface area contributed by atoms with Crippen LogP contribution in [0.4, 0.5) is 0 Å². The summed E-state index contributed by atoms with van der Waals surface area (Å²) < 4.78 is 40.9. The third kappa shape index (κ3) is 8.25. The Morgan fingerprint density at radius 2 is 1.60 bits per heavy atom. The van der Waals surface area contributed by atoms with Crippen LogP contribution in [0.25, 0.3) is 37.1 Å². The number of benzene rings is 4. The van der Waals surface area contributed by atoms with Gasteiger partial charge in [0.05, 0.1) is 0 Å². The molecule has 7 rings (SSSR count). The number of carbonyl (C=O) groups is 1. The van der Waals surface area contributed by atoms with E-state index in [9.17, 15) is 17.8 Å². The summed E-state index contributed by atoms with van der Waals surface area (Å²) in [5.41, 5.74) is 7.25. The van der Waals surface area contributed by atoms with Crippen LogP contribution in [0.2, 0.25) is 0 Å². The highest BCUT2D eigenvalue weighted by atomic mass is 32.2. The van der Waals surface area contributed by atoms with E-state index in [-0.39, 0.29) is 4.90 Å². The van der Waals surface area contributed by atoms with Gasteiger partial charge in [-0.05, 0) is 83.5 Å². The summed E-state index contributed by atoms with van der Waals surface area (Å²) in [6, 6.07) is 35.9. The quantitative estimate of drug-likeness (QED) is 0.0621. The zero-order valence-electron chi connectivity index (χ0n) is 28.1. The second-order valence-electron chi connectivity index (χ2n) is 12.2. The number of carbonyl (C=O) groups excluding carboxylic acids is 1. The molecule has 1 N–H and O–H groups in total. The fourth-order valence-corrected chi connectivity index (χ4v) is 10.5. The first-order chi connectivity index (χ1) is 25.4. The van der Waals surface area contributed by atoms with Crippen molar-refractivity contribution < 1.29 is 22.5 Å². The highest BCUT2D eigenvalue weighted by molar-refractivity contribution is 8.08. The van der Waals surface area contributed by atoms with Crippen LogP contribution in [0.3, 0.4) is 0 Å². The first-order valence-electron chi connectivity index (χ1n) is 16.9. The lowest BCUT2D eigenvalue weighted by Gasteiger charge is -2.22. The summed E-state index contributed by atoms with van der Waals surface area (Å²) in [4.78, 5) is 15.0. The lowest BCUT2D eigenvalue weighted by atomic mass is 9.93. The van der Waals surface area contributed by atoms with Gasteiger partial charge in [0.1, 0.15) is 11.5 Å². The molecule has 0 saturated carbocycles. The smallest absolute Gasteiger partial charge is 0.295 e. The Balaban J connectivity index is 1.30. The summed E-state index contributed by atoms with van der Waals surface area (Å²) in [5, 5.41) is 1.21. The van der Waals surface area contributed by atoms with Gasteiger partial charge in [-0.25, -0.2) is 0 Å². The lowest BCUT2D eigenvalue weighted by Crippen LogP contribution is -2.04. The molecule has 260 valence electrons. The van der Waals surface area contributed by atoms with Crippen molar-refractivity contribution in [1.82, 2.24) is 0 Å². The lowest BCUT2D eigenvalue weighted by molar-refractivity contribution is -0.128. The Labute approximate surface area is 316 Å². The molecule has 52 heavy (non-hydrogen) atoms. The van der Waals surface area contributed by atoms with E-state index in [2.05, 4.69) is 85.0 Å². The van der Waals surface area contributed by atoms with Gasteiger partial charge in [0.15, 0.2) is 0 Å². The molecular weight excluding hydrogens is 725 g/mol. The van der Waals surface area contributed by atoms with E-state index in [0.29, 0.717) is 24.4 Å². The van der Waals surface area contributed by atoms with Crippen LogP contribution in [0.5, 0.6) is 0 Å². The molecule has 1 aliphatic carbocycles. The molecule has 0 amide bonds. The summed E-state index contributed by atoms with van der Waals surface area (Å²) in [6.45, 7) is 0.810. The van der Waals surface area contributed by atoms with Crippen molar-refractivity contribution in [1.29, 1.82) is 0 Å². The second-order valence-corrected chi connectivity index (χ2v) is 16.8. The van der Waals surface area contributed by atoms with E-state index in [1.807, 2.05) is 30.3 Å². The molecule has 0 spiro atoms. The van der Waals surface area contributed by atoms with Gasteiger partial charge in [-0.3, -0.25) is 9.35 Å². The van der Waals surface area contributed by atoms with Gasteiger partial charge in [-0.15, -0.1) is 11.8 Å². The summed E-state index contributed by atoms with van der Waals surface area (Å²) in [6.07, 6.45) is 13.6. The first kappa shape index (κ1) is 35.9. The van der Waals surface area contributed by atoms with Gasteiger partial charge >= 0.3 is 0 Å². The predicted octanol–water partition coefficient (Wildman–Crippen LogP) is 11.6. The standard InChI is InChI=1S/C43H34O5S4/c44-29-48-25-26-49-43-31(21-23-33-27-40(30-11-2-1-3-12-30)50-38-18-7-4-15-35(33)38)13-10-14-32(43)22-24-34-28-41(51-39-19-8-5-16-36(34)39)37-17-6-9-20-42(37)52(45,46)47/h1-9,11-12,15-24,27-29H,10,13-14,25-26H2/p+1. The van der Waals surface area contributed by atoms with Crippen molar-refractivity contribution >= 4 is 78.1 Å². The first-order valence-corrected chi connectivity index (χ1v) is 20.9. The monoisotopic (exact) mass is 759 g/mol. The largest absolute Gasteiger partial charge is 0.467 e. The molecule has 0 radical (unpaired) electrons. The van der Waals surface area contributed by atoms with E-state index in [1.165, 1.54) is 54.4 Å².